The molecule has 0 radical (unpaired) electrons. The minimum Gasteiger partial charge on any atom is -0.427 e. The van der Waals surface area contributed by atoms with Crippen molar-refractivity contribution in [1.29, 1.82) is 0 Å². The van der Waals surface area contributed by atoms with Crippen molar-refractivity contribution < 1.29 is 4.42 Å². The molecule has 0 saturated heterocycles. The van der Waals surface area contributed by atoms with E-state index in [4.69, 9.17) is 9.40 Å². The topological polar surface area (TPSA) is 35.9 Å². The number of rotatable bonds is 3. The third-order valence-electron chi connectivity index (χ3n) is 10.1. The Morgan fingerprint density at radius 1 is 0.562 bits per heavy atom. The Morgan fingerprint density at radius 2 is 1.17 bits per heavy atom. The van der Waals surface area contributed by atoms with Crippen LogP contribution >= 0.6 is 11.8 Å². The Labute approximate surface area is 280 Å². The molecule has 4 heterocycles. The summed E-state index contributed by atoms with van der Waals surface area (Å²) in [6.07, 6.45) is 4.43. The van der Waals surface area contributed by atoms with Crippen molar-refractivity contribution in [3.05, 3.63) is 163 Å². The molecule has 0 fully saturated rings. The Morgan fingerprint density at radius 3 is 1.92 bits per heavy atom. The lowest BCUT2D eigenvalue weighted by Crippen LogP contribution is -2.12. The van der Waals surface area contributed by atoms with E-state index < -0.39 is 0 Å². The van der Waals surface area contributed by atoms with Crippen molar-refractivity contribution in [3.63, 3.8) is 0 Å². The lowest BCUT2D eigenvalue weighted by Gasteiger charge is -2.18. The number of hydrogen-bond acceptors (Lipinski definition) is 3. The predicted molar refractivity (Wildman–Crippen MR) is 198 cm³/mol. The number of thioether (sulfide) groups is 1. The van der Waals surface area contributed by atoms with Crippen LogP contribution < -0.4 is 0 Å². The van der Waals surface area contributed by atoms with Gasteiger partial charge in [-0.1, -0.05) is 103 Å². The summed E-state index contributed by atoms with van der Waals surface area (Å²) in [5.74, 6) is 1.12. The fraction of sp³-hybridized carbons (Fsp3) is 0.0465. The van der Waals surface area contributed by atoms with Crippen LogP contribution in [0, 0.1) is 0 Å². The summed E-state index contributed by atoms with van der Waals surface area (Å²) in [6.45, 7) is 0. The van der Waals surface area contributed by atoms with Gasteiger partial charge in [-0.25, -0.2) is 0 Å². The van der Waals surface area contributed by atoms with Crippen LogP contribution in [0.5, 0.6) is 0 Å². The molecule has 1 aliphatic carbocycles. The summed E-state index contributed by atoms with van der Waals surface area (Å²) in [5, 5.41) is 5.19. The van der Waals surface area contributed by atoms with Gasteiger partial charge >= 0.3 is 6.01 Å². The van der Waals surface area contributed by atoms with Crippen LogP contribution in [0.25, 0.3) is 72.5 Å². The van der Waals surface area contributed by atoms with Gasteiger partial charge in [-0.15, -0.1) is 11.8 Å². The standard InChI is InChI=1S/C43H27N3OS/c1-2-10-28(11-3-1)45-35-15-7-4-12-29(35)31-20-18-26(24-37(31)45)27-19-21-32-30-13-5-8-16-36(30)46(38(32)25-27)43-44-34-22-23-40-41(42(34)47-43)33-14-6-9-17-39(33)48-40/h1-25,40-41H. The lowest BCUT2D eigenvalue weighted by molar-refractivity contribution is 0.470. The average molecular weight is 634 g/mol. The molecule has 2 aliphatic rings. The van der Waals surface area contributed by atoms with Gasteiger partial charge in [-0.05, 0) is 65.2 Å². The predicted octanol–water partition coefficient (Wildman–Crippen LogP) is 11.2. The minimum absolute atomic E-state index is 0.166. The summed E-state index contributed by atoms with van der Waals surface area (Å²) in [6, 6.07) is 50.9. The molecule has 5 heteroatoms. The molecule has 226 valence electrons. The van der Waals surface area contributed by atoms with Crippen LogP contribution in [0.4, 0.5) is 0 Å². The lowest BCUT2D eigenvalue weighted by atomic mass is 9.89. The maximum absolute atomic E-state index is 6.82. The molecule has 6 aromatic carbocycles. The van der Waals surface area contributed by atoms with Crippen molar-refractivity contribution in [3.8, 4) is 22.8 Å². The van der Waals surface area contributed by atoms with E-state index in [0.29, 0.717) is 11.3 Å². The maximum atomic E-state index is 6.82. The summed E-state index contributed by atoms with van der Waals surface area (Å²) in [5.41, 5.74) is 10.3. The average Bonchev–Trinajstić information content (AvgIpc) is 3.90. The molecule has 0 bridgehead atoms. The first-order valence-corrected chi connectivity index (χ1v) is 17.3. The Balaban J connectivity index is 1.11. The number of para-hydroxylation sites is 3. The molecule has 9 aromatic rings. The van der Waals surface area contributed by atoms with E-state index in [2.05, 4.69) is 161 Å². The van der Waals surface area contributed by atoms with Gasteiger partial charge in [-0.2, -0.15) is 4.98 Å². The quantitative estimate of drug-likeness (QED) is 0.194. The molecule has 48 heavy (non-hydrogen) atoms. The molecule has 3 aromatic heterocycles. The third-order valence-corrected chi connectivity index (χ3v) is 11.5. The summed E-state index contributed by atoms with van der Waals surface area (Å²) >= 11 is 1.91. The van der Waals surface area contributed by atoms with Crippen molar-refractivity contribution in [2.24, 2.45) is 0 Å². The molecule has 0 N–H and O–H groups in total. The molecule has 0 saturated carbocycles. The molecule has 1 aliphatic heterocycles. The smallest absolute Gasteiger partial charge is 0.307 e. The molecule has 4 nitrogen and oxygen atoms in total. The van der Waals surface area contributed by atoms with E-state index in [0.717, 1.165) is 33.7 Å². The Bertz CT molecular complexity index is 2780. The number of fused-ring (bicyclic) bond motifs is 11. The molecule has 0 amide bonds. The summed E-state index contributed by atoms with van der Waals surface area (Å²) < 4.78 is 11.4. The zero-order chi connectivity index (χ0) is 31.3. The molecule has 2 unspecified atom stereocenters. The van der Waals surface area contributed by atoms with Gasteiger partial charge in [0, 0.05) is 37.4 Å². The fourth-order valence-electron chi connectivity index (χ4n) is 7.99. The highest BCUT2D eigenvalue weighted by Crippen LogP contribution is 2.52. The van der Waals surface area contributed by atoms with Crippen LogP contribution in [0.3, 0.4) is 0 Å². The second-order valence-electron chi connectivity index (χ2n) is 12.7. The zero-order valence-electron chi connectivity index (χ0n) is 25.7. The highest BCUT2D eigenvalue weighted by Gasteiger charge is 2.39. The highest BCUT2D eigenvalue weighted by atomic mass is 32.2. The van der Waals surface area contributed by atoms with E-state index in [1.807, 2.05) is 11.8 Å². The number of benzene rings is 6. The van der Waals surface area contributed by atoms with Gasteiger partial charge in [0.15, 0.2) is 0 Å². The minimum atomic E-state index is 0.166. The van der Waals surface area contributed by atoms with E-state index in [1.165, 1.54) is 48.6 Å². The first kappa shape index (κ1) is 26.3. The molecule has 2 atom stereocenters. The number of aromatic nitrogens is 3. The molecular weight excluding hydrogens is 607 g/mol. The highest BCUT2D eigenvalue weighted by molar-refractivity contribution is 8.00. The molecule has 0 spiro atoms. The second kappa shape index (κ2) is 9.86. The van der Waals surface area contributed by atoms with Gasteiger partial charge in [0.25, 0.3) is 0 Å². The van der Waals surface area contributed by atoms with Gasteiger partial charge in [0.2, 0.25) is 0 Å². The van der Waals surface area contributed by atoms with Crippen LogP contribution in [-0.2, 0) is 0 Å². The number of nitrogens with zero attached hydrogens (tertiary/aromatic N) is 3. The first-order valence-electron chi connectivity index (χ1n) is 16.4. The molecule has 11 rings (SSSR count). The second-order valence-corrected chi connectivity index (χ2v) is 13.9. The summed E-state index contributed by atoms with van der Waals surface area (Å²) in [7, 11) is 0. The van der Waals surface area contributed by atoms with E-state index in [-0.39, 0.29) is 5.92 Å². The van der Waals surface area contributed by atoms with Crippen molar-refractivity contribution in [2.45, 2.75) is 16.1 Å². The maximum Gasteiger partial charge on any atom is 0.307 e. The van der Waals surface area contributed by atoms with Crippen LogP contribution in [0.2, 0.25) is 0 Å². The van der Waals surface area contributed by atoms with Crippen LogP contribution in [0.1, 0.15) is 22.9 Å². The van der Waals surface area contributed by atoms with Crippen LogP contribution in [-0.4, -0.2) is 19.4 Å². The third kappa shape index (κ3) is 3.65. The van der Waals surface area contributed by atoms with Crippen molar-refractivity contribution in [2.75, 3.05) is 0 Å². The first-order chi connectivity index (χ1) is 23.8. The van der Waals surface area contributed by atoms with E-state index in [9.17, 15) is 0 Å². The van der Waals surface area contributed by atoms with E-state index in [1.54, 1.807) is 0 Å². The normalized spacial score (nSPS) is 16.6. The number of oxazole rings is 1. The van der Waals surface area contributed by atoms with Crippen LogP contribution in [0.15, 0.2) is 155 Å². The largest absolute Gasteiger partial charge is 0.427 e. The van der Waals surface area contributed by atoms with Gasteiger partial charge in [-0.3, -0.25) is 4.57 Å². The molecular formula is C43H27N3OS. The summed E-state index contributed by atoms with van der Waals surface area (Å²) in [4.78, 5) is 6.46. The SMILES string of the molecule is C1=CC2Sc3ccccc3C2c2oc(-n3c4ccccc4c4ccc(-c5ccc6c7ccccc7n(-c7ccccc7)c6c5)cc43)nc21. The van der Waals surface area contributed by atoms with E-state index >= 15 is 0 Å². The van der Waals surface area contributed by atoms with Gasteiger partial charge < -0.3 is 8.98 Å². The monoisotopic (exact) mass is 633 g/mol. The van der Waals surface area contributed by atoms with Crippen molar-refractivity contribution in [1.82, 2.24) is 14.1 Å². The van der Waals surface area contributed by atoms with Crippen molar-refractivity contribution >= 4 is 61.4 Å². The Hall–Kier alpha value is -5.78. The number of hydrogen-bond donors (Lipinski definition) is 0. The fourth-order valence-corrected chi connectivity index (χ4v) is 9.34. The van der Waals surface area contributed by atoms with Gasteiger partial charge in [0.05, 0.1) is 28.0 Å². The zero-order valence-corrected chi connectivity index (χ0v) is 26.6. The Kier molecular flexibility index (Phi) is 5.41. The van der Waals surface area contributed by atoms with Gasteiger partial charge in [0.1, 0.15) is 11.5 Å².